The maximum Gasteiger partial charge on any atom is 0.0697 e. The highest BCUT2D eigenvalue weighted by Crippen LogP contribution is 2.36. The van der Waals surface area contributed by atoms with Crippen LogP contribution < -0.4 is 5.32 Å². The van der Waals surface area contributed by atoms with Crippen molar-refractivity contribution in [2.24, 2.45) is 0 Å². The van der Waals surface area contributed by atoms with Gasteiger partial charge in [-0.1, -0.05) is 31.2 Å². The van der Waals surface area contributed by atoms with E-state index in [0.29, 0.717) is 18.6 Å². The smallest absolute Gasteiger partial charge is 0.0697 e. The van der Waals surface area contributed by atoms with Crippen LogP contribution in [0.2, 0.25) is 0 Å². The van der Waals surface area contributed by atoms with Crippen LogP contribution in [0.25, 0.3) is 0 Å². The first-order valence-corrected chi connectivity index (χ1v) is 7.33. The fraction of sp³-hybridized carbons (Fsp3) is 0.625. The number of aliphatic hydroxyl groups is 1. The second-order valence-electron chi connectivity index (χ2n) is 5.30. The van der Waals surface area contributed by atoms with E-state index in [-0.39, 0.29) is 6.61 Å². The predicted molar refractivity (Wildman–Crippen MR) is 77.4 cm³/mol. The summed E-state index contributed by atoms with van der Waals surface area (Å²) in [6, 6.07) is 9.28. The van der Waals surface area contributed by atoms with E-state index >= 15 is 0 Å². The zero-order chi connectivity index (χ0) is 13.5. The Balaban J connectivity index is 1.80. The quantitative estimate of drug-likeness (QED) is 0.743. The molecule has 2 rings (SSSR count). The molecule has 3 heteroatoms. The molecule has 2 unspecified atom stereocenters. The number of aliphatic hydroxyl groups excluding tert-OH is 1. The molecule has 2 atom stereocenters. The van der Waals surface area contributed by atoms with Crippen molar-refractivity contribution in [2.75, 3.05) is 26.4 Å². The number of hydrogen-bond donors (Lipinski definition) is 2. The van der Waals surface area contributed by atoms with Crippen LogP contribution in [0.5, 0.6) is 0 Å². The Labute approximate surface area is 116 Å². The van der Waals surface area contributed by atoms with Gasteiger partial charge in [-0.25, -0.2) is 0 Å². The fourth-order valence-corrected chi connectivity index (χ4v) is 2.83. The average molecular weight is 263 g/mol. The molecular formula is C16H25NO2. The molecule has 106 valence electrons. The molecule has 0 radical (unpaired) electrons. The van der Waals surface area contributed by atoms with Crippen LogP contribution in [0.15, 0.2) is 24.3 Å². The van der Waals surface area contributed by atoms with Crippen LogP contribution in [0, 0.1) is 0 Å². The molecule has 19 heavy (non-hydrogen) atoms. The summed E-state index contributed by atoms with van der Waals surface area (Å²) in [6.07, 6.45) is 3.47. The van der Waals surface area contributed by atoms with Gasteiger partial charge in [-0.05, 0) is 42.9 Å². The van der Waals surface area contributed by atoms with Crippen molar-refractivity contribution >= 4 is 0 Å². The monoisotopic (exact) mass is 263 g/mol. The van der Waals surface area contributed by atoms with Gasteiger partial charge < -0.3 is 15.2 Å². The van der Waals surface area contributed by atoms with Gasteiger partial charge in [-0.15, -0.1) is 0 Å². The fourth-order valence-electron chi connectivity index (χ4n) is 2.83. The Morgan fingerprint density at radius 3 is 2.79 bits per heavy atom. The molecule has 0 fully saturated rings. The minimum Gasteiger partial charge on any atom is -0.394 e. The molecule has 0 amide bonds. The van der Waals surface area contributed by atoms with Crippen molar-refractivity contribution in [1.82, 2.24) is 5.32 Å². The molecular weight excluding hydrogens is 238 g/mol. The second-order valence-corrected chi connectivity index (χ2v) is 5.30. The summed E-state index contributed by atoms with van der Waals surface area (Å²) in [5, 5.41) is 12.3. The van der Waals surface area contributed by atoms with Gasteiger partial charge in [0.15, 0.2) is 0 Å². The molecule has 2 N–H and O–H groups in total. The molecule has 1 aliphatic carbocycles. The molecule has 0 aliphatic heterocycles. The predicted octanol–water partition coefficient (Wildman–Crippen LogP) is 2.61. The zero-order valence-corrected chi connectivity index (χ0v) is 11.8. The Morgan fingerprint density at radius 1 is 1.21 bits per heavy atom. The minimum atomic E-state index is 0.112. The van der Waals surface area contributed by atoms with Crippen molar-refractivity contribution in [2.45, 2.75) is 38.1 Å². The van der Waals surface area contributed by atoms with Crippen molar-refractivity contribution in [3.8, 4) is 0 Å². The molecule has 3 nitrogen and oxygen atoms in total. The van der Waals surface area contributed by atoms with E-state index in [4.69, 9.17) is 9.84 Å². The number of hydrogen-bond acceptors (Lipinski definition) is 3. The highest BCUT2D eigenvalue weighted by atomic mass is 16.5. The summed E-state index contributed by atoms with van der Waals surface area (Å²) in [5.74, 6) is 0.683. The molecule has 1 aromatic rings. The van der Waals surface area contributed by atoms with E-state index in [1.54, 1.807) is 0 Å². The Kier molecular flexibility index (Phi) is 5.83. The maximum atomic E-state index is 8.62. The number of nitrogens with one attached hydrogen (secondary N) is 1. The maximum absolute atomic E-state index is 8.62. The van der Waals surface area contributed by atoms with Gasteiger partial charge in [0.2, 0.25) is 0 Å². The molecule has 0 bridgehead atoms. The van der Waals surface area contributed by atoms with Crippen LogP contribution in [-0.2, 0) is 4.74 Å². The van der Waals surface area contributed by atoms with Crippen LogP contribution in [0.4, 0.5) is 0 Å². The molecule has 1 aromatic carbocycles. The van der Waals surface area contributed by atoms with Gasteiger partial charge in [-0.3, -0.25) is 0 Å². The first kappa shape index (κ1) is 14.5. The Bertz CT molecular complexity index is 381. The molecule has 0 spiro atoms. The van der Waals surface area contributed by atoms with Gasteiger partial charge in [0, 0.05) is 12.6 Å². The topological polar surface area (TPSA) is 41.5 Å². The van der Waals surface area contributed by atoms with Crippen molar-refractivity contribution in [3.63, 3.8) is 0 Å². The van der Waals surface area contributed by atoms with E-state index in [1.807, 2.05) is 0 Å². The Morgan fingerprint density at radius 2 is 2.00 bits per heavy atom. The third-order valence-corrected chi connectivity index (χ3v) is 3.88. The summed E-state index contributed by atoms with van der Waals surface area (Å²) in [7, 11) is 0. The van der Waals surface area contributed by atoms with Gasteiger partial charge in [0.1, 0.15) is 0 Å². The lowest BCUT2D eigenvalue weighted by Gasteiger charge is -2.30. The lowest BCUT2D eigenvalue weighted by atomic mass is 9.81. The first-order chi connectivity index (χ1) is 9.33. The molecule has 0 saturated carbocycles. The number of fused-ring (bicyclic) bond motifs is 1. The molecule has 1 aliphatic rings. The van der Waals surface area contributed by atoms with Gasteiger partial charge in [-0.2, -0.15) is 0 Å². The van der Waals surface area contributed by atoms with E-state index < -0.39 is 0 Å². The van der Waals surface area contributed by atoms with E-state index in [1.165, 1.54) is 24.0 Å². The van der Waals surface area contributed by atoms with Crippen LogP contribution in [0.1, 0.15) is 49.3 Å². The second kappa shape index (κ2) is 7.63. The van der Waals surface area contributed by atoms with Crippen LogP contribution in [0.3, 0.4) is 0 Å². The highest BCUT2D eigenvalue weighted by molar-refractivity contribution is 5.34. The van der Waals surface area contributed by atoms with Crippen molar-refractivity contribution < 1.29 is 9.84 Å². The summed E-state index contributed by atoms with van der Waals surface area (Å²) < 4.78 is 5.27. The van der Waals surface area contributed by atoms with Crippen molar-refractivity contribution in [3.05, 3.63) is 35.4 Å². The normalized spacial score (nSPS) is 22.2. The standard InChI is InChI=1S/C16H25NO2/c1-13-7-8-16(15-6-3-2-5-14(13)15)17-9-4-11-19-12-10-18/h2-3,5-6,13,16-18H,4,7-12H2,1H3. The van der Waals surface area contributed by atoms with Gasteiger partial charge in [0.05, 0.1) is 13.2 Å². The molecule has 0 aromatic heterocycles. The molecule has 0 saturated heterocycles. The van der Waals surface area contributed by atoms with E-state index in [9.17, 15) is 0 Å². The minimum absolute atomic E-state index is 0.112. The van der Waals surface area contributed by atoms with Gasteiger partial charge in [0.25, 0.3) is 0 Å². The zero-order valence-electron chi connectivity index (χ0n) is 11.8. The van der Waals surface area contributed by atoms with Crippen molar-refractivity contribution in [1.29, 1.82) is 0 Å². The Hall–Kier alpha value is -0.900. The van der Waals surface area contributed by atoms with E-state index in [0.717, 1.165) is 19.6 Å². The number of benzene rings is 1. The number of rotatable bonds is 7. The van der Waals surface area contributed by atoms with E-state index in [2.05, 4.69) is 36.5 Å². The third-order valence-electron chi connectivity index (χ3n) is 3.88. The summed E-state index contributed by atoms with van der Waals surface area (Å²) in [5.41, 5.74) is 2.97. The van der Waals surface area contributed by atoms with Crippen LogP contribution in [-0.4, -0.2) is 31.5 Å². The molecule has 0 heterocycles. The summed E-state index contributed by atoms with van der Waals surface area (Å²) in [6.45, 7) is 4.57. The highest BCUT2D eigenvalue weighted by Gasteiger charge is 2.23. The number of ether oxygens (including phenoxy) is 1. The average Bonchev–Trinajstić information content (AvgIpc) is 2.45. The third kappa shape index (κ3) is 4.03. The first-order valence-electron chi connectivity index (χ1n) is 7.33. The summed E-state index contributed by atoms with van der Waals surface area (Å²) in [4.78, 5) is 0. The SMILES string of the molecule is CC1CCC(NCCCOCCO)c2ccccc21. The largest absolute Gasteiger partial charge is 0.394 e. The summed E-state index contributed by atoms with van der Waals surface area (Å²) >= 11 is 0. The lowest BCUT2D eigenvalue weighted by molar-refractivity contribution is 0.0903. The van der Waals surface area contributed by atoms with Gasteiger partial charge >= 0.3 is 0 Å². The lowest BCUT2D eigenvalue weighted by Crippen LogP contribution is -2.27. The van der Waals surface area contributed by atoms with Crippen LogP contribution >= 0.6 is 0 Å².